The van der Waals surface area contributed by atoms with Crippen LogP contribution in [-0.2, 0) is 11.2 Å². The number of hydrogen-bond acceptors (Lipinski definition) is 7. The van der Waals surface area contributed by atoms with Gasteiger partial charge in [-0.25, -0.2) is 9.67 Å². The number of aromatic amines is 1. The maximum Gasteiger partial charge on any atom is 0.230 e. The van der Waals surface area contributed by atoms with Gasteiger partial charge in [0.05, 0.1) is 11.8 Å². The number of rotatable bonds is 8. The summed E-state index contributed by atoms with van der Waals surface area (Å²) >= 11 is 1.37. The van der Waals surface area contributed by atoms with Crippen LogP contribution in [0.15, 0.2) is 11.5 Å². The zero-order valence-electron chi connectivity index (χ0n) is 11.4. The number of amides is 1. The van der Waals surface area contributed by atoms with Gasteiger partial charge in [0.25, 0.3) is 0 Å². The average Bonchev–Trinajstić information content (AvgIpc) is 3.02. The normalized spacial score (nSPS) is 14.3. The molecule has 0 aliphatic heterocycles. The van der Waals surface area contributed by atoms with Gasteiger partial charge >= 0.3 is 0 Å². The summed E-state index contributed by atoms with van der Waals surface area (Å²) in [5.74, 6) is 1.15. The number of hydrogen-bond donors (Lipinski definition) is 2. The van der Waals surface area contributed by atoms with Crippen LogP contribution in [0.4, 0.5) is 0 Å². The van der Waals surface area contributed by atoms with E-state index in [-0.39, 0.29) is 5.91 Å². The van der Waals surface area contributed by atoms with Gasteiger partial charge < -0.3 is 5.32 Å². The highest BCUT2D eigenvalue weighted by Crippen LogP contribution is 2.36. The second kappa shape index (κ2) is 6.66. The Morgan fingerprint density at radius 2 is 2.43 bits per heavy atom. The van der Waals surface area contributed by atoms with E-state index in [4.69, 9.17) is 0 Å². The lowest BCUT2D eigenvalue weighted by atomic mass is 10.3. The largest absolute Gasteiger partial charge is 0.355 e. The van der Waals surface area contributed by atoms with Gasteiger partial charge in [-0.1, -0.05) is 11.8 Å². The van der Waals surface area contributed by atoms with Crippen molar-refractivity contribution in [2.24, 2.45) is 0 Å². The quantitative estimate of drug-likeness (QED) is 0.519. The lowest BCUT2D eigenvalue weighted by molar-refractivity contribution is -0.118. The highest BCUT2D eigenvalue weighted by molar-refractivity contribution is 7.99. The minimum atomic E-state index is -0.0112. The van der Waals surface area contributed by atoms with Crippen molar-refractivity contribution in [3.8, 4) is 0 Å². The van der Waals surface area contributed by atoms with Crippen LogP contribution < -0.4 is 5.32 Å². The molecule has 9 nitrogen and oxygen atoms in total. The third-order valence-electron chi connectivity index (χ3n) is 3.07. The monoisotopic (exact) mass is 308 g/mol. The zero-order chi connectivity index (χ0) is 14.5. The SMILES string of the molecule is O=C(CSc1nnnn1C1CC1)NCCCc1ncn[nH]1. The fourth-order valence-corrected chi connectivity index (χ4v) is 2.62. The molecule has 1 saturated carbocycles. The molecule has 0 atom stereocenters. The third-order valence-corrected chi connectivity index (χ3v) is 4.00. The molecule has 2 N–H and O–H groups in total. The van der Waals surface area contributed by atoms with Crippen LogP contribution >= 0.6 is 11.8 Å². The second-order valence-corrected chi connectivity index (χ2v) is 5.75. The molecule has 2 aromatic rings. The van der Waals surface area contributed by atoms with Gasteiger partial charge in [-0.05, 0) is 29.7 Å². The Kier molecular flexibility index (Phi) is 4.43. The summed E-state index contributed by atoms with van der Waals surface area (Å²) in [4.78, 5) is 15.8. The fraction of sp³-hybridized carbons (Fsp3) is 0.636. The summed E-state index contributed by atoms with van der Waals surface area (Å²) in [5.41, 5.74) is 0. The lowest BCUT2D eigenvalue weighted by Gasteiger charge is -2.04. The number of tetrazole rings is 1. The van der Waals surface area contributed by atoms with Gasteiger partial charge in [-0.15, -0.1) is 5.10 Å². The second-order valence-electron chi connectivity index (χ2n) is 4.81. The number of aromatic nitrogens is 7. The summed E-state index contributed by atoms with van der Waals surface area (Å²) < 4.78 is 1.81. The molecule has 0 unspecified atom stereocenters. The van der Waals surface area contributed by atoms with E-state index in [0.29, 0.717) is 23.5 Å². The van der Waals surface area contributed by atoms with Crippen molar-refractivity contribution in [3.05, 3.63) is 12.2 Å². The van der Waals surface area contributed by atoms with Crippen LogP contribution in [0, 0.1) is 0 Å². The first-order valence-electron chi connectivity index (χ1n) is 6.84. The van der Waals surface area contributed by atoms with Gasteiger partial charge in [0, 0.05) is 13.0 Å². The van der Waals surface area contributed by atoms with Gasteiger partial charge in [-0.2, -0.15) is 5.10 Å². The number of carbonyl (C=O) groups is 1. The molecule has 0 aromatic carbocycles. The first kappa shape index (κ1) is 14.0. The van der Waals surface area contributed by atoms with Crippen molar-refractivity contribution in [1.82, 2.24) is 40.7 Å². The Morgan fingerprint density at radius 3 is 3.19 bits per heavy atom. The van der Waals surface area contributed by atoms with E-state index >= 15 is 0 Å². The van der Waals surface area contributed by atoms with Gasteiger partial charge in [-0.3, -0.25) is 9.89 Å². The molecule has 1 amide bonds. The van der Waals surface area contributed by atoms with Crippen LogP contribution in [-0.4, -0.2) is 53.6 Å². The van der Waals surface area contributed by atoms with E-state index in [1.807, 2.05) is 4.68 Å². The first-order chi connectivity index (χ1) is 10.3. The molecular weight excluding hydrogens is 292 g/mol. The molecule has 1 aliphatic rings. The highest BCUT2D eigenvalue weighted by Gasteiger charge is 2.28. The van der Waals surface area contributed by atoms with Gasteiger partial charge in [0.15, 0.2) is 0 Å². The van der Waals surface area contributed by atoms with E-state index in [2.05, 4.69) is 36.0 Å². The predicted molar refractivity (Wildman–Crippen MR) is 74.5 cm³/mol. The van der Waals surface area contributed by atoms with Gasteiger partial charge in [0.2, 0.25) is 11.1 Å². The maximum absolute atomic E-state index is 11.8. The van der Waals surface area contributed by atoms with Crippen molar-refractivity contribution < 1.29 is 4.79 Å². The maximum atomic E-state index is 11.8. The Balaban J connectivity index is 1.33. The van der Waals surface area contributed by atoms with Crippen molar-refractivity contribution in [1.29, 1.82) is 0 Å². The van der Waals surface area contributed by atoms with Crippen LogP contribution in [0.5, 0.6) is 0 Å². The van der Waals surface area contributed by atoms with E-state index in [1.54, 1.807) is 0 Å². The van der Waals surface area contributed by atoms with Crippen LogP contribution in [0.1, 0.15) is 31.1 Å². The molecule has 0 radical (unpaired) electrons. The Labute approximate surface area is 125 Å². The molecule has 0 bridgehead atoms. The van der Waals surface area contributed by atoms with Gasteiger partial charge in [0.1, 0.15) is 12.2 Å². The molecular formula is C11H16N8OS. The number of thioether (sulfide) groups is 1. The number of nitrogens with one attached hydrogen (secondary N) is 2. The molecule has 2 aromatic heterocycles. The molecule has 0 spiro atoms. The number of carbonyl (C=O) groups excluding carboxylic acids is 1. The van der Waals surface area contributed by atoms with E-state index in [9.17, 15) is 4.79 Å². The zero-order valence-corrected chi connectivity index (χ0v) is 12.2. The predicted octanol–water partition coefficient (Wildman–Crippen LogP) is -0.0328. The topological polar surface area (TPSA) is 114 Å². The van der Waals surface area contributed by atoms with Crippen molar-refractivity contribution in [3.63, 3.8) is 0 Å². The third kappa shape index (κ3) is 4.00. The number of H-pyrrole nitrogens is 1. The Morgan fingerprint density at radius 1 is 1.52 bits per heavy atom. The fourth-order valence-electron chi connectivity index (χ4n) is 1.84. The molecule has 3 rings (SSSR count). The molecule has 1 fully saturated rings. The van der Waals surface area contributed by atoms with E-state index in [0.717, 1.165) is 31.5 Å². The lowest BCUT2D eigenvalue weighted by Crippen LogP contribution is -2.26. The van der Waals surface area contributed by atoms with E-state index in [1.165, 1.54) is 18.1 Å². The van der Waals surface area contributed by atoms with Crippen molar-refractivity contribution >= 4 is 17.7 Å². The minimum Gasteiger partial charge on any atom is -0.355 e. The Hall–Kier alpha value is -1.97. The van der Waals surface area contributed by atoms with Crippen molar-refractivity contribution in [2.45, 2.75) is 36.9 Å². The Bertz CT molecular complexity index is 579. The molecule has 21 heavy (non-hydrogen) atoms. The van der Waals surface area contributed by atoms with Crippen LogP contribution in [0.3, 0.4) is 0 Å². The first-order valence-corrected chi connectivity index (χ1v) is 7.83. The smallest absolute Gasteiger partial charge is 0.230 e. The molecule has 112 valence electrons. The number of aryl methyl sites for hydroxylation is 1. The van der Waals surface area contributed by atoms with E-state index < -0.39 is 0 Å². The standard InChI is InChI=1S/C11H16N8OS/c20-10(12-5-1-2-9-13-7-14-15-9)6-21-11-16-17-18-19(11)8-3-4-8/h7-8H,1-6H2,(H,12,20)(H,13,14,15). The average molecular weight is 308 g/mol. The summed E-state index contributed by atoms with van der Waals surface area (Å²) in [6, 6.07) is 0.424. The summed E-state index contributed by atoms with van der Waals surface area (Å²) in [5, 5.41) is 21.7. The van der Waals surface area contributed by atoms with Crippen molar-refractivity contribution in [2.75, 3.05) is 12.3 Å². The van der Waals surface area contributed by atoms with Crippen LogP contribution in [0.2, 0.25) is 0 Å². The number of nitrogens with zero attached hydrogens (tertiary/aromatic N) is 6. The molecule has 0 saturated heterocycles. The highest BCUT2D eigenvalue weighted by atomic mass is 32.2. The minimum absolute atomic E-state index is 0.0112. The van der Waals surface area contributed by atoms with Crippen LogP contribution in [0.25, 0.3) is 0 Å². The summed E-state index contributed by atoms with van der Waals surface area (Å²) in [6.07, 6.45) is 5.31. The molecule has 2 heterocycles. The molecule has 1 aliphatic carbocycles. The molecule has 10 heteroatoms. The summed E-state index contributed by atoms with van der Waals surface area (Å²) in [6.45, 7) is 0.619. The summed E-state index contributed by atoms with van der Waals surface area (Å²) in [7, 11) is 0.